The smallest absolute Gasteiger partial charge is 0.221 e. The van der Waals surface area contributed by atoms with E-state index in [4.69, 9.17) is 21.2 Å². The number of aryl methyl sites for hydroxylation is 1. The molecule has 1 aromatic rings. The molecule has 1 amide bonds. The second kappa shape index (κ2) is 8.59. The number of benzene rings is 1. The molecule has 5 heteroatoms. The van der Waals surface area contributed by atoms with Gasteiger partial charge in [-0.1, -0.05) is 12.0 Å². The molecule has 1 N–H and O–H groups in total. The molecule has 0 aliphatic carbocycles. The highest BCUT2D eigenvalue weighted by molar-refractivity contribution is 5.76. The third kappa shape index (κ3) is 5.38. The molecule has 0 bridgehead atoms. The van der Waals surface area contributed by atoms with Gasteiger partial charge in [-0.15, -0.1) is 6.42 Å². The Bertz CT molecular complexity index is 599. The van der Waals surface area contributed by atoms with Gasteiger partial charge < -0.3 is 14.8 Å². The number of nitriles is 1. The van der Waals surface area contributed by atoms with Crippen molar-refractivity contribution in [3.63, 3.8) is 0 Å². The second-order valence-electron chi connectivity index (χ2n) is 4.83. The summed E-state index contributed by atoms with van der Waals surface area (Å²) in [6, 6.07) is 6.93. The predicted molar refractivity (Wildman–Crippen MR) is 83.5 cm³/mol. The van der Waals surface area contributed by atoms with E-state index in [0.717, 1.165) is 5.56 Å². The average Bonchev–Trinajstić information content (AvgIpc) is 2.53. The number of hydrogen-bond donors (Lipinski definition) is 1. The fraction of sp³-hybridized carbons (Fsp3) is 0.412. The zero-order valence-corrected chi connectivity index (χ0v) is 13.1. The van der Waals surface area contributed by atoms with Crippen LogP contribution in [0.15, 0.2) is 18.2 Å². The highest BCUT2D eigenvalue weighted by Gasteiger charge is 2.10. The Labute approximate surface area is 131 Å². The number of nitrogens with one attached hydrogen (secondary N) is 1. The van der Waals surface area contributed by atoms with Gasteiger partial charge in [0.1, 0.15) is 6.04 Å². The fourth-order valence-corrected chi connectivity index (χ4v) is 1.79. The molecule has 1 aromatic carbocycles. The van der Waals surface area contributed by atoms with Crippen molar-refractivity contribution >= 4 is 5.91 Å². The zero-order valence-electron chi connectivity index (χ0n) is 13.1. The van der Waals surface area contributed by atoms with Crippen LogP contribution in [-0.4, -0.2) is 25.2 Å². The van der Waals surface area contributed by atoms with Crippen molar-refractivity contribution in [1.29, 1.82) is 5.26 Å². The first-order valence-electron chi connectivity index (χ1n) is 6.98. The maximum Gasteiger partial charge on any atom is 0.221 e. The van der Waals surface area contributed by atoms with E-state index in [1.807, 2.05) is 18.2 Å². The number of carbonyl (C=O) groups is 1. The van der Waals surface area contributed by atoms with Crippen LogP contribution in [0, 0.1) is 23.7 Å². The molecular formula is C17H20N2O3. The Hall–Kier alpha value is -2.66. The molecule has 22 heavy (non-hydrogen) atoms. The number of methoxy groups -OCH3 is 1. The molecule has 0 spiro atoms. The van der Waals surface area contributed by atoms with E-state index in [1.54, 1.807) is 27.0 Å². The number of nitrogens with zero attached hydrogens (tertiary/aromatic N) is 1. The van der Waals surface area contributed by atoms with Crippen LogP contribution in [0.4, 0.5) is 0 Å². The van der Waals surface area contributed by atoms with Crippen molar-refractivity contribution in [3.8, 4) is 29.9 Å². The lowest BCUT2D eigenvalue weighted by molar-refractivity contribution is -0.121. The lowest BCUT2D eigenvalue weighted by Gasteiger charge is -2.14. The van der Waals surface area contributed by atoms with Gasteiger partial charge in [-0.25, -0.2) is 0 Å². The molecule has 116 valence electrons. The molecule has 0 fully saturated rings. The third-order valence-electron chi connectivity index (χ3n) is 2.98. The summed E-state index contributed by atoms with van der Waals surface area (Å²) in [6.45, 7) is 3.41. The maximum absolute atomic E-state index is 11.7. The summed E-state index contributed by atoms with van der Waals surface area (Å²) in [4.78, 5) is 11.7. The molecule has 0 heterocycles. The lowest BCUT2D eigenvalue weighted by atomic mass is 10.1. The zero-order chi connectivity index (χ0) is 16.5. The topological polar surface area (TPSA) is 71.3 Å². The minimum atomic E-state index is -0.483. The summed E-state index contributed by atoms with van der Waals surface area (Å²) in [5, 5.41) is 11.2. The van der Waals surface area contributed by atoms with Crippen molar-refractivity contribution in [2.24, 2.45) is 0 Å². The number of amides is 1. The summed E-state index contributed by atoms with van der Waals surface area (Å²) in [5.41, 5.74) is 0.942. The van der Waals surface area contributed by atoms with Gasteiger partial charge in [0.2, 0.25) is 5.91 Å². The normalized spacial score (nSPS) is 12.4. The van der Waals surface area contributed by atoms with Crippen LogP contribution in [0.25, 0.3) is 0 Å². The molecule has 2 atom stereocenters. The number of ether oxygens (including phenoxy) is 2. The van der Waals surface area contributed by atoms with Crippen molar-refractivity contribution < 1.29 is 14.3 Å². The lowest BCUT2D eigenvalue weighted by Crippen LogP contribution is -2.31. The van der Waals surface area contributed by atoms with Crippen molar-refractivity contribution in [1.82, 2.24) is 5.32 Å². The van der Waals surface area contributed by atoms with Gasteiger partial charge in [0.05, 0.1) is 13.2 Å². The van der Waals surface area contributed by atoms with Crippen molar-refractivity contribution in [2.45, 2.75) is 38.8 Å². The van der Waals surface area contributed by atoms with Crippen LogP contribution in [-0.2, 0) is 11.2 Å². The van der Waals surface area contributed by atoms with Gasteiger partial charge in [-0.3, -0.25) is 4.79 Å². The quantitative estimate of drug-likeness (QED) is 0.782. The number of hydrogen-bond acceptors (Lipinski definition) is 4. The summed E-state index contributed by atoms with van der Waals surface area (Å²) in [7, 11) is 1.55. The Kier molecular flexibility index (Phi) is 6.79. The van der Waals surface area contributed by atoms with Crippen LogP contribution < -0.4 is 14.8 Å². The highest BCUT2D eigenvalue weighted by atomic mass is 16.5. The molecule has 0 aliphatic heterocycles. The molecule has 0 radical (unpaired) electrons. The van der Waals surface area contributed by atoms with E-state index in [1.165, 1.54) is 0 Å². The third-order valence-corrected chi connectivity index (χ3v) is 2.98. The van der Waals surface area contributed by atoms with Crippen molar-refractivity contribution in [2.75, 3.05) is 7.11 Å². The molecule has 2 unspecified atom stereocenters. The van der Waals surface area contributed by atoms with Crippen LogP contribution in [0.2, 0.25) is 0 Å². The first-order valence-corrected chi connectivity index (χ1v) is 6.98. The highest BCUT2D eigenvalue weighted by Crippen LogP contribution is 2.29. The molecule has 0 saturated heterocycles. The van der Waals surface area contributed by atoms with E-state index in [9.17, 15) is 4.79 Å². The second-order valence-corrected chi connectivity index (χ2v) is 4.83. The number of rotatable bonds is 7. The van der Waals surface area contributed by atoms with Gasteiger partial charge >= 0.3 is 0 Å². The van der Waals surface area contributed by atoms with E-state index in [-0.39, 0.29) is 12.0 Å². The summed E-state index contributed by atoms with van der Waals surface area (Å²) in [5.74, 6) is 3.47. The molecule has 0 saturated carbocycles. The first-order chi connectivity index (χ1) is 10.5. The van der Waals surface area contributed by atoms with Crippen LogP contribution in [0.1, 0.15) is 25.8 Å². The first kappa shape index (κ1) is 17.4. The van der Waals surface area contributed by atoms with Gasteiger partial charge in [-0.2, -0.15) is 5.26 Å². The largest absolute Gasteiger partial charge is 0.493 e. The van der Waals surface area contributed by atoms with E-state index >= 15 is 0 Å². The Balaban J connectivity index is 2.68. The van der Waals surface area contributed by atoms with E-state index in [2.05, 4.69) is 11.2 Å². The van der Waals surface area contributed by atoms with Crippen LogP contribution >= 0.6 is 0 Å². The van der Waals surface area contributed by atoms with Gasteiger partial charge in [0, 0.05) is 6.42 Å². The number of terminal acetylenes is 1. The van der Waals surface area contributed by atoms with Gasteiger partial charge in [0.25, 0.3) is 0 Å². The minimum Gasteiger partial charge on any atom is -0.493 e. The minimum absolute atomic E-state index is 0.158. The molecule has 0 aliphatic rings. The van der Waals surface area contributed by atoms with E-state index in [0.29, 0.717) is 24.3 Å². The Morgan fingerprint density at radius 1 is 1.41 bits per heavy atom. The Morgan fingerprint density at radius 2 is 2.14 bits per heavy atom. The number of carbonyl (C=O) groups excluding carboxylic acids is 1. The molecule has 0 aromatic heterocycles. The van der Waals surface area contributed by atoms with Gasteiger partial charge in [-0.05, 0) is 38.0 Å². The van der Waals surface area contributed by atoms with E-state index < -0.39 is 6.04 Å². The summed E-state index contributed by atoms with van der Waals surface area (Å²) < 4.78 is 10.8. The molecule has 1 rings (SSSR count). The molecular weight excluding hydrogens is 280 g/mol. The molecule has 5 nitrogen and oxygen atoms in total. The SMILES string of the molecule is C#CC(C)Oc1ccc(CCC(=O)NC(C)C#N)cc1OC. The summed E-state index contributed by atoms with van der Waals surface area (Å²) in [6.07, 6.45) is 5.79. The van der Waals surface area contributed by atoms with Crippen LogP contribution in [0.5, 0.6) is 11.5 Å². The predicted octanol–water partition coefficient (Wildman–Crippen LogP) is 2.06. The monoisotopic (exact) mass is 300 g/mol. The average molecular weight is 300 g/mol. The van der Waals surface area contributed by atoms with Crippen molar-refractivity contribution in [3.05, 3.63) is 23.8 Å². The fourth-order valence-electron chi connectivity index (χ4n) is 1.79. The maximum atomic E-state index is 11.7. The summed E-state index contributed by atoms with van der Waals surface area (Å²) >= 11 is 0. The standard InChI is InChI=1S/C17H20N2O3/c1-5-13(3)22-15-8-6-14(10-16(15)21-4)7-9-17(20)19-12(2)11-18/h1,6,8,10,12-13H,7,9H2,2-4H3,(H,19,20). The Morgan fingerprint density at radius 3 is 2.73 bits per heavy atom. The van der Waals surface area contributed by atoms with Crippen LogP contribution in [0.3, 0.4) is 0 Å². The van der Waals surface area contributed by atoms with Gasteiger partial charge in [0.15, 0.2) is 17.6 Å².